The van der Waals surface area contributed by atoms with E-state index in [1.165, 1.54) is 19.3 Å². The molecule has 0 unspecified atom stereocenters. The molecule has 1 aromatic carbocycles. The first kappa shape index (κ1) is 30.8. The van der Waals surface area contributed by atoms with E-state index < -0.39 is 0 Å². The largest absolute Gasteiger partial charge is 0.496 e. The topological polar surface area (TPSA) is 126 Å². The Kier molecular flexibility index (Phi) is 8.95. The average molecular weight is 623 g/mol. The van der Waals surface area contributed by atoms with Gasteiger partial charge in [-0.1, -0.05) is 25.0 Å². The van der Waals surface area contributed by atoms with Gasteiger partial charge in [0, 0.05) is 64.0 Å². The number of anilines is 3. The number of ketones is 1. The normalized spacial score (nSPS) is 15.5. The Morgan fingerprint density at radius 2 is 1.72 bits per heavy atom. The van der Waals surface area contributed by atoms with Gasteiger partial charge < -0.3 is 29.3 Å². The maximum atomic E-state index is 13.0. The molecule has 12 heteroatoms. The standard InChI is InChI=1S/C34H38N8O4/c1-39(2)33(45)27-20-23-21-36-34(38-32(23)42(27)24-8-4-5-9-24)37-30-14-12-25(22-35-30)40-16-18-41(19-17-40)31(44)15-13-28(43)26-10-6-7-11-29(26)46-3/h6-7,10-15,20-22,24H,4-5,8-9,16-19H2,1-3H3,(H,35,36,37,38)/b15-13+. The number of allylic oxidation sites excluding steroid dienone is 1. The van der Waals surface area contributed by atoms with Gasteiger partial charge in [0.25, 0.3) is 5.91 Å². The monoisotopic (exact) mass is 622 g/mol. The molecule has 1 aliphatic carbocycles. The number of para-hydroxylation sites is 1. The lowest BCUT2D eigenvalue weighted by Crippen LogP contribution is -2.48. The SMILES string of the molecule is COc1ccccc1C(=O)/C=C/C(=O)N1CCN(c2ccc(Nc3ncc4cc(C(=O)N(C)C)n(C5CCCC5)c4n3)nc2)CC1. The van der Waals surface area contributed by atoms with Crippen LogP contribution in [0.15, 0.2) is 67.0 Å². The number of rotatable bonds is 9. The number of pyridine rings is 1. The highest BCUT2D eigenvalue weighted by atomic mass is 16.5. The zero-order valence-electron chi connectivity index (χ0n) is 26.3. The van der Waals surface area contributed by atoms with Crippen LogP contribution < -0.4 is 15.0 Å². The van der Waals surface area contributed by atoms with Crippen LogP contribution in [-0.4, -0.2) is 94.3 Å². The molecule has 12 nitrogen and oxygen atoms in total. The van der Waals surface area contributed by atoms with Gasteiger partial charge in [-0.2, -0.15) is 4.98 Å². The Bertz CT molecular complexity index is 1770. The quantitative estimate of drug-likeness (QED) is 0.212. The molecular weight excluding hydrogens is 584 g/mol. The number of ether oxygens (including phenoxy) is 1. The molecule has 0 bridgehead atoms. The number of carbonyl (C=O) groups is 3. The van der Waals surface area contributed by atoms with Gasteiger partial charge in [0.05, 0.1) is 24.6 Å². The van der Waals surface area contributed by atoms with Gasteiger partial charge in [-0.25, -0.2) is 9.97 Å². The molecule has 6 rings (SSSR count). The van der Waals surface area contributed by atoms with Crippen LogP contribution >= 0.6 is 0 Å². The number of piperazine rings is 1. The molecule has 2 fully saturated rings. The highest BCUT2D eigenvalue weighted by molar-refractivity contribution is 6.09. The maximum absolute atomic E-state index is 13.0. The number of carbonyl (C=O) groups excluding carboxylic acids is 3. The Morgan fingerprint density at radius 3 is 2.41 bits per heavy atom. The first-order chi connectivity index (χ1) is 22.3. The lowest BCUT2D eigenvalue weighted by Gasteiger charge is -2.35. The number of amides is 2. The summed E-state index contributed by atoms with van der Waals surface area (Å²) in [6.07, 6.45) is 10.5. The van der Waals surface area contributed by atoms with E-state index in [2.05, 4.69) is 24.8 Å². The van der Waals surface area contributed by atoms with Crippen molar-refractivity contribution in [1.82, 2.24) is 29.3 Å². The van der Waals surface area contributed by atoms with Crippen molar-refractivity contribution in [2.24, 2.45) is 0 Å². The van der Waals surface area contributed by atoms with Crippen LogP contribution in [0, 0.1) is 0 Å². The van der Waals surface area contributed by atoms with E-state index in [0.29, 0.717) is 55.0 Å². The smallest absolute Gasteiger partial charge is 0.270 e. The van der Waals surface area contributed by atoms with E-state index in [1.54, 1.807) is 60.6 Å². The third-order valence-electron chi connectivity index (χ3n) is 8.58. The molecule has 4 aromatic rings. The molecule has 46 heavy (non-hydrogen) atoms. The van der Waals surface area contributed by atoms with Gasteiger partial charge in [0.2, 0.25) is 11.9 Å². The summed E-state index contributed by atoms with van der Waals surface area (Å²) in [7, 11) is 5.04. The van der Waals surface area contributed by atoms with Gasteiger partial charge >= 0.3 is 0 Å². The van der Waals surface area contributed by atoms with Crippen LogP contribution in [0.1, 0.15) is 52.6 Å². The third-order valence-corrected chi connectivity index (χ3v) is 8.58. The predicted molar refractivity (Wildman–Crippen MR) is 176 cm³/mol. The molecule has 1 saturated heterocycles. The predicted octanol–water partition coefficient (Wildman–Crippen LogP) is 4.48. The highest BCUT2D eigenvalue weighted by Gasteiger charge is 2.27. The fourth-order valence-corrected chi connectivity index (χ4v) is 6.13. The van der Waals surface area contributed by atoms with Crippen LogP contribution in [-0.2, 0) is 4.79 Å². The zero-order chi connectivity index (χ0) is 32.2. The number of fused-ring (bicyclic) bond motifs is 1. The number of nitrogens with one attached hydrogen (secondary N) is 1. The van der Waals surface area contributed by atoms with Crippen molar-refractivity contribution in [3.63, 3.8) is 0 Å². The van der Waals surface area contributed by atoms with Crippen molar-refractivity contribution in [3.8, 4) is 5.75 Å². The van der Waals surface area contributed by atoms with Gasteiger partial charge in [-0.3, -0.25) is 14.4 Å². The molecule has 1 N–H and O–H groups in total. The van der Waals surface area contributed by atoms with Gasteiger partial charge in [-0.05, 0) is 49.2 Å². The lowest BCUT2D eigenvalue weighted by atomic mass is 10.1. The van der Waals surface area contributed by atoms with Gasteiger partial charge in [0.15, 0.2) is 5.78 Å². The summed E-state index contributed by atoms with van der Waals surface area (Å²) in [6.45, 7) is 2.33. The van der Waals surface area contributed by atoms with E-state index in [0.717, 1.165) is 42.4 Å². The van der Waals surface area contributed by atoms with E-state index >= 15 is 0 Å². The minimum Gasteiger partial charge on any atom is -0.496 e. The summed E-state index contributed by atoms with van der Waals surface area (Å²) in [5, 5.41) is 4.05. The van der Waals surface area contributed by atoms with Crippen molar-refractivity contribution >= 4 is 46.1 Å². The molecule has 2 amide bonds. The molecule has 1 saturated carbocycles. The summed E-state index contributed by atoms with van der Waals surface area (Å²) >= 11 is 0. The average Bonchev–Trinajstić information content (AvgIpc) is 3.75. The van der Waals surface area contributed by atoms with Crippen molar-refractivity contribution < 1.29 is 19.1 Å². The van der Waals surface area contributed by atoms with E-state index in [4.69, 9.17) is 9.72 Å². The summed E-state index contributed by atoms with van der Waals surface area (Å²) in [4.78, 5) is 57.8. The van der Waals surface area contributed by atoms with Crippen LogP contribution in [0.5, 0.6) is 5.75 Å². The summed E-state index contributed by atoms with van der Waals surface area (Å²) < 4.78 is 7.34. The van der Waals surface area contributed by atoms with Crippen molar-refractivity contribution in [2.75, 3.05) is 57.6 Å². The van der Waals surface area contributed by atoms with Crippen LogP contribution in [0.25, 0.3) is 11.0 Å². The molecule has 1 aliphatic heterocycles. The fraction of sp³-hybridized carbons (Fsp3) is 0.353. The molecule has 2 aliphatic rings. The zero-order valence-corrected chi connectivity index (χ0v) is 26.3. The Hall–Kier alpha value is -5.26. The number of nitrogens with zero attached hydrogens (tertiary/aromatic N) is 7. The van der Waals surface area contributed by atoms with Gasteiger partial charge in [0.1, 0.15) is 22.9 Å². The van der Waals surface area contributed by atoms with Crippen LogP contribution in [0.2, 0.25) is 0 Å². The number of aromatic nitrogens is 4. The molecule has 3 aromatic heterocycles. The number of hydrogen-bond acceptors (Lipinski definition) is 9. The molecule has 0 atom stereocenters. The highest BCUT2D eigenvalue weighted by Crippen LogP contribution is 2.35. The minimum atomic E-state index is -0.276. The summed E-state index contributed by atoms with van der Waals surface area (Å²) in [5.41, 5.74) is 2.75. The van der Waals surface area contributed by atoms with E-state index in [1.807, 2.05) is 18.2 Å². The molecule has 0 spiro atoms. The second kappa shape index (κ2) is 13.4. The first-order valence-electron chi connectivity index (χ1n) is 15.5. The van der Waals surface area contributed by atoms with Crippen molar-refractivity contribution in [1.29, 1.82) is 0 Å². The number of benzene rings is 1. The lowest BCUT2D eigenvalue weighted by molar-refractivity contribution is -0.126. The van der Waals surface area contributed by atoms with Crippen molar-refractivity contribution in [2.45, 2.75) is 31.7 Å². The second-order valence-corrected chi connectivity index (χ2v) is 11.7. The molecule has 0 radical (unpaired) electrons. The second-order valence-electron chi connectivity index (χ2n) is 11.7. The van der Waals surface area contributed by atoms with Crippen LogP contribution in [0.3, 0.4) is 0 Å². The van der Waals surface area contributed by atoms with E-state index in [9.17, 15) is 14.4 Å². The molecular formula is C34H38N8O4. The third kappa shape index (κ3) is 6.42. The molecule has 4 heterocycles. The Morgan fingerprint density at radius 1 is 0.957 bits per heavy atom. The van der Waals surface area contributed by atoms with Gasteiger partial charge in [-0.15, -0.1) is 0 Å². The maximum Gasteiger partial charge on any atom is 0.270 e. The Balaban J connectivity index is 1.08. The number of methoxy groups -OCH3 is 1. The number of hydrogen-bond donors (Lipinski definition) is 1. The first-order valence-corrected chi connectivity index (χ1v) is 15.5. The molecule has 238 valence electrons. The Labute approximate surface area is 267 Å². The van der Waals surface area contributed by atoms with E-state index in [-0.39, 0.29) is 23.6 Å². The van der Waals surface area contributed by atoms with Crippen LogP contribution in [0.4, 0.5) is 17.5 Å². The summed E-state index contributed by atoms with van der Waals surface area (Å²) in [6, 6.07) is 12.9. The summed E-state index contributed by atoms with van der Waals surface area (Å²) in [5.74, 6) is 0.973. The fourth-order valence-electron chi connectivity index (χ4n) is 6.13. The van der Waals surface area contributed by atoms with Crippen molar-refractivity contribution in [3.05, 3.63) is 78.3 Å². The minimum absolute atomic E-state index is 0.0440.